The van der Waals surface area contributed by atoms with Crippen molar-refractivity contribution in [2.75, 3.05) is 11.9 Å². The van der Waals surface area contributed by atoms with E-state index in [-0.39, 0.29) is 5.54 Å². The molecule has 0 amide bonds. The molecule has 0 unspecified atom stereocenters. The van der Waals surface area contributed by atoms with Crippen LogP contribution in [-0.4, -0.2) is 27.3 Å². The van der Waals surface area contributed by atoms with Crippen LogP contribution in [0.15, 0.2) is 36.7 Å². The minimum absolute atomic E-state index is 0.171. The number of hydrogen-bond donors (Lipinski definition) is 2. The lowest BCUT2D eigenvalue weighted by Crippen LogP contribution is -2.34. The summed E-state index contributed by atoms with van der Waals surface area (Å²) in [5, 5.41) is 11.5. The molecule has 0 aliphatic heterocycles. The molecule has 3 N–H and O–H groups in total. The quantitative estimate of drug-likeness (QED) is 0.857. The van der Waals surface area contributed by atoms with Gasteiger partial charge in [0, 0.05) is 30.0 Å². The molecule has 0 aromatic carbocycles. The number of nitrogens with two attached hydrogens (primary N) is 1. The monoisotopic (exact) mass is 257 g/mol. The van der Waals surface area contributed by atoms with Crippen LogP contribution in [0.4, 0.5) is 5.82 Å². The van der Waals surface area contributed by atoms with Crippen LogP contribution in [0.3, 0.4) is 0 Å². The van der Waals surface area contributed by atoms with Crippen LogP contribution in [0.1, 0.15) is 20.3 Å². The van der Waals surface area contributed by atoms with E-state index in [0.29, 0.717) is 0 Å². The van der Waals surface area contributed by atoms with Gasteiger partial charge in [-0.2, -0.15) is 0 Å². The fourth-order valence-corrected chi connectivity index (χ4v) is 1.61. The van der Waals surface area contributed by atoms with E-state index in [1.54, 1.807) is 12.4 Å². The number of rotatable bonds is 5. The van der Waals surface area contributed by atoms with Gasteiger partial charge in [-0.1, -0.05) is 0 Å². The van der Waals surface area contributed by atoms with Crippen molar-refractivity contribution in [3.63, 3.8) is 0 Å². The van der Waals surface area contributed by atoms with Crippen LogP contribution in [0.2, 0.25) is 0 Å². The molecule has 0 fully saturated rings. The summed E-state index contributed by atoms with van der Waals surface area (Å²) in [5.41, 5.74) is 7.53. The largest absolute Gasteiger partial charge is 0.369 e. The molecule has 2 heterocycles. The van der Waals surface area contributed by atoms with Crippen molar-refractivity contribution in [2.45, 2.75) is 25.8 Å². The summed E-state index contributed by atoms with van der Waals surface area (Å²) in [6.07, 6.45) is 4.38. The third-order valence-corrected chi connectivity index (χ3v) is 2.70. The molecule has 0 spiro atoms. The van der Waals surface area contributed by atoms with Crippen LogP contribution >= 0.6 is 0 Å². The van der Waals surface area contributed by atoms with Gasteiger partial charge in [-0.05, 0) is 44.5 Å². The highest BCUT2D eigenvalue weighted by Crippen LogP contribution is 2.15. The van der Waals surface area contributed by atoms with E-state index >= 15 is 0 Å². The summed E-state index contributed by atoms with van der Waals surface area (Å²) in [4.78, 5) is 4.06. The topological polar surface area (TPSA) is 76.7 Å². The summed E-state index contributed by atoms with van der Waals surface area (Å²) < 4.78 is 0. The van der Waals surface area contributed by atoms with E-state index in [1.165, 1.54) is 0 Å². The van der Waals surface area contributed by atoms with E-state index in [2.05, 4.69) is 20.5 Å². The first-order chi connectivity index (χ1) is 9.04. The minimum Gasteiger partial charge on any atom is -0.369 e. The Labute approximate surface area is 113 Å². The molecule has 0 saturated heterocycles. The van der Waals surface area contributed by atoms with Gasteiger partial charge >= 0.3 is 0 Å². The summed E-state index contributed by atoms with van der Waals surface area (Å²) >= 11 is 0. The van der Waals surface area contributed by atoms with Gasteiger partial charge < -0.3 is 11.1 Å². The summed E-state index contributed by atoms with van der Waals surface area (Å²) in [5.74, 6) is 0.761. The molecular weight excluding hydrogens is 238 g/mol. The van der Waals surface area contributed by atoms with Gasteiger partial charge in [0.25, 0.3) is 0 Å². The highest BCUT2D eigenvalue weighted by Gasteiger charge is 2.09. The van der Waals surface area contributed by atoms with Crippen molar-refractivity contribution in [3.05, 3.63) is 36.7 Å². The van der Waals surface area contributed by atoms with E-state index in [0.717, 1.165) is 30.0 Å². The van der Waals surface area contributed by atoms with Crippen LogP contribution in [0.25, 0.3) is 11.3 Å². The van der Waals surface area contributed by atoms with Crippen molar-refractivity contribution in [1.82, 2.24) is 15.2 Å². The second kappa shape index (κ2) is 5.75. The first-order valence-electron chi connectivity index (χ1n) is 6.31. The fourth-order valence-electron chi connectivity index (χ4n) is 1.61. The molecule has 0 bridgehead atoms. The SMILES string of the molecule is CC(C)(N)CCNc1ccc(-c2cccnc2)nn1. The fraction of sp³-hybridized carbons (Fsp3) is 0.357. The van der Waals surface area contributed by atoms with Crippen LogP contribution < -0.4 is 11.1 Å². The highest BCUT2D eigenvalue weighted by molar-refractivity contribution is 5.57. The lowest BCUT2D eigenvalue weighted by Gasteiger charge is -2.18. The average Bonchev–Trinajstić information content (AvgIpc) is 2.39. The van der Waals surface area contributed by atoms with Crippen molar-refractivity contribution in [2.24, 2.45) is 5.73 Å². The number of nitrogens with one attached hydrogen (secondary N) is 1. The van der Waals surface area contributed by atoms with Gasteiger partial charge in [-0.15, -0.1) is 10.2 Å². The molecule has 0 atom stereocenters. The Morgan fingerprint density at radius 3 is 2.63 bits per heavy atom. The Balaban J connectivity index is 1.96. The number of pyridine rings is 1. The zero-order chi connectivity index (χ0) is 13.7. The van der Waals surface area contributed by atoms with Gasteiger partial charge in [0.15, 0.2) is 0 Å². The first kappa shape index (κ1) is 13.4. The second-order valence-corrected chi connectivity index (χ2v) is 5.21. The number of hydrogen-bond acceptors (Lipinski definition) is 5. The molecule has 5 nitrogen and oxygen atoms in total. The van der Waals surface area contributed by atoms with E-state index in [4.69, 9.17) is 5.73 Å². The summed E-state index contributed by atoms with van der Waals surface area (Å²) in [6.45, 7) is 4.79. The molecule has 0 aliphatic rings. The summed E-state index contributed by atoms with van der Waals surface area (Å²) in [6, 6.07) is 7.69. The molecule has 2 aromatic heterocycles. The lowest BCUT2D eigenvalue weighted by atomic mass is 10.0. The predicted molar refractivity (Wildman–Crippen MR) is 76.6 cm³/mol. The second-order valence-electron chi connectivity index (χ2n) is 5.21. The zero-order valence-corrected chi connectivity index (χ0v) is 11.3. The third kappa shape index (κ3) is 4.30. The lowest BCUT2D eigenvalue weighted by molar-refractivity contribution is 0.490. The molecule has 100 valence electrons. The van der Waals surface area contributed by atoms with Crippen molar-refractivity contribution in [3.8, 4) is 11.3 Å². The van der Waals surface area contributed by atoms with Crippen LogP contribution in [-0.2, 0) is 0 Å². The number of nitrogens with zero attached hydrogens (tertiary/aromatic N) is 3. The standard InChI is InChI=1S/C14H19N5/c1-14(2,15)7-9-17-13-6-5-12(18-19-13)11-4-3-8-16-10-11/h3-6,8,10H,7,9,15H2,1-2H3,(H,17,19). The van der Waals surface area contributed by atoms with E-state index in [1.807, 2.05) is 38.1 Å². The van der Waals surface area contributed by atoms with Crippen LogP contribution in [0, 0.1) is 0 Å². The Morgan fingerprint density at radius 1 is 1.21 bits per heavy atom. The third-order valence-electron chi connectivity index (χ3n) is 2.70. The zero-order valence-electron chi connectivity index (χ0n) is 11.3. The summed E-state index contributed by atoms with van der Waals surface area (Å²) in [7, 11) is 0. The van der Waals surface area contributed by atoms with Crippen molar-refractivity contribution < 1.29 is 0 Å². The Morgan fingerprint density at radius 2 is 2.05 bits per heavy atom. The smallest absolute Gasteiger partial charge is 0.148 e. The maximum atomic E-state index is 5.92. The predicted octanol–water partition coefficient (Wildman–Crippen LogP) is 2.08. The molecule has 0 saturated carbocycles. The van der Waals surface area contributed by atoms with Gasteiger partial charge in [-0.3, -0.25) is 4.98 Å². The maximum Gasteiger partial charge on any atom is 0.148 e. The Bertz CT molecular complexity index is 502. The van der Waals surface area contributed by atoms with Crippen molar-refractivity contribution >= 4 is 5.82 Å². The molecule has 2 aromatic rings. The van der Waals surface area contributed by atoms with Crippen LogP contribution in [0.5, 0.6) is 0 Å². The number of anilines is 1. The van der Waals surface area contributed by atoms with E-state index in [9.17, 15) is 0 Å². The molecular formula is C14H19N5. The Hall–Kier alpha value is -2.01. The molecule has 5 heteroatoms. The minimum atomic E-state index is -0.171. The van der Waals surface area contributed by atoms with Gasteiger partial charge in [0.1, 0.15) is 5.82 Å². The van der Waals surface area contributed by atoms with Gasteiger partial charge in [0.05, 0.1) is 5.69 Å². The first-order valence-corrected chi connectivity index (χ1v) is 6.31. The van der Waals surface area contributed by atoms with E-state index < -0.39 is 0 Å². The Kier molecular flexibility index (Phi) is 4.06. The number of aromatic nitrogens is 3. The maximum absolute atomic E-state index is 5.92. The normalized spacial score (nSPS) is 11.3. The van der Waals surface area contributed by atoms with Gasteiger partial charge in [0.2, 0.25) is 0 Å². The average molecular weight is 257 g/mol. The molecule has 0 aliphatic carbocycles. The van der Waals surface area contributed by atoms with Crippen molar-refractivity contribution in [1.29, 1.82) is 0 Å². The molecule has 0 radical (unpaired) electrons. The highest BCUT2D eigenvalue weighted by atomic mass is 15.2. The molecule has 2 rings (SSSR count). The molecule has 19 heavy (non-hydrogen) atoms. The van der Waals surface area contributed by atoms with Gasteiger partial charge in [-0.25, -0.2) is 0 Å².